The quantitative estimate of drug-likeness (QED) is 0.210. The Labute approximate surface area is 246 Å². The summed E-state index contributed by atoms with van der Waals surface area (Å²) in [5.74, 6) is -4.37. The number of amides is 3. The van der Waals surface area contributed by atoms with Crippen molar-refractivity contribution in [2.45, 2.75) is 63.2 Å². The van der Waals surface area contributed by atoms with E-state index in [-0.39, 0.29) is 49.0 Å². The van der Waals surface area contributed by atoms with E-state index >= 15 is 0 Å². The molecule has 9 nitrogen and oxygen atoms in total. The lowest BCUT2D eigenvalue weighted by Gasteiger charge is -2.34. The van der Waals surface area contributed by atoms with Crippen molar-refractivity contribution in [2.75, 3.05) is 25.4 Å². The van der Waals surface area contributed by atoms with Crippen LogP contribution in [0.15, 0.2) is 27.1 Å². The smallest absolute Gasteiger partial charge is 0.383 e. The van der Waals surface area contributed by atoms with Gasteiger partial charge in [0.15, 0.2) is 11.6 Å². The number of hydrogen-bond acceptors (Lipinski definition) is 4. The van der Waals surface area contributed by atoms with Crippen LogP contribution in [-0.4, -0.2) is 58.2 Å². The Hall–Kier alpha value is -3.11. The molecule has 0 aliphatic carbocycles. The van der Waals surface area contributed by atoms with E-state index in [1.54, 1.807) is 27.0 Å². The molecule has 3 rings (SSSR count). The van der Waals surface area contributed by atoms with Crippen molar-refractivity contribution in [2.24, 2.45) is 0 Å². The van der Waals surface area contributed by atoms with E-state index in [1.165, 1.54) is 17.0 Å². The highest BCUT2D eigenvalue weighted by Gasteiger charge is 2.39. The summed E-state index contributed by atoms with van der Waals surface area (Å²) in [6, 6.07) is 2.13. The van der Waals surface area contributed by atoms with Crippen LogP contribution in [0.1, 0.15) is 62.2 Å². The van der Waals surface area contributed by atoms with Gasteiger partial charge in [-0.1, -0.05) is 41.6 Å². The minimum atomic E-state index is -5.10. The van der Waals surface area contributed by atoms with Gasteiger partial charge in [-0.2, -0.15) is 13.2 Å². The first-order valence-electron chi connectivity index (χ1n) is 13.1. The Bertz CT molecular complexity index is 1300. The first-order chi connectivity index (χ1) is 19.4. The molecule has 1 aromatic carbocycles. The van der Waals surface area contributed by atoms with E-state index in [2.05, 4.69) is 10.3 Å². The van der Waals surface area contributed by atoms with Gasteiger partial charge in [0.1, 0.15) is 5.82 Å². The first kappa shape index (κ1) is 32.4. The van der Waals surface area contributed by atoms with E-state index in [4.69, 9.17) is 5.73 Å². The number of carbonyl (C=O) groups excluding carboxylic acids is 2. The molecule has 5 N–H and O–H groups in total. The van der Waals surface area contributed by atoms with Crippen LogP contribution in [0.2, 0.25) is 0 Å². The van der Waals surface area contributed by atoms with Crippen molar-refractivity contribution in [1.29, 1.82) is 0 Å². The van der Waals surface area contributed by atoms with Crippen LogP contribution in [-0.2, 0) is 4.79 Å². The number of likely N-dealkylation sites (tertiary alicyclic amines) is 1. The summed E-state index contributed by atoms with van der Waals surface area (Å²) >= 11 is 2.01. The van der Waals surface area contributed by atoms with Crippen LogP contribution in [0.3, 0.4) is 0 Å². The van der Waals surface area contributed by atoms with Crippen molar-refractivity contribution < 1.29 is 31.5 Å². The molecule has 2 atom stereocenters. The van der Waals surface area contributed by atoms with Gasteiger partial charge in [-0.05, 0) is 59.8 Å². The summed E-state index contributed by atoms with van der Waals surface area (Å²) in [5.41, 5.74) is 6.21. The number of aromatic nitrogens is 2. The normalized spacial score (nSPS) is 16.1. The first-order valence-corrected chi connectivity index (χ1v) is 14.3. The minimum absolute atomic E-state index is 0.0961. The predicted octanol–water partition coefficient (Wildman–Crippen LogP) is 4.81. The Balaban J connectivity index is 1.68. The largest absolute Gasteiger partial charge is 0.471 e. The zero-order valence-electron chi connectivity index (χ0n) is 22.2. The van der Waals surface area contributed by atoms with E-state index < -0.39 is 48.3 Å². The molecule has 1 saturated heterocycles. The highest BCUT2D eigenvalue weighted by molar-refractivity contribution is 14.1. The third-order valence-corrected chi connectivity index (χ3v) is 7.56. The number of H-pyrrole nitrogens is 1. The number of urea groups is 1. The van der Waals surface area contributed by atoms with Crippen LogP contribution < -0.4 is 22.1 Å². The molecule has 0 radical (unpaired) electrons. The van der Waals surface area contributed by atoms with Crippen molar-refractivity contribution in [3.05, 3.63) is 55.7 Å². The number of nitrogens with one attached hydrogen (secondary N) is 3. The van der Waals surface area contributed by atoms with Crippen LogP contribution in [0.25, 0.3) is 6.08 Å². The van der Waals surface area contributed by atoms with E-state index in [9.17, 15) is 36.3 Å². The molecular weight excluding hydrogens is 666 g/mol. The van der Waals surface area contributed by atoms with Gasteiger partial charge in [0.25, 0.3) is 0 Å². The number of hydrogen-bond donors (Lipinski definition) is 4. The molecule has 1 aromatic heterocycles. The number of nitrogens with zero attached hydrogens (tertiary/aromatic N) is 2. The van der Waals surface area contributed by atoms with Gasteiger partial charge in [-0.25, -0.2) is 18.4 Å². The van der Waals surface area contributed by atoms with Crippen LogP contribution in [0.4, 0.5) is 32.6 Å². The average Bonchev–Trinajstić information content (AvgIpc) is 3.21. The van der Waals surface area contributed by atoms with Gasteiger partial charge in [-0.15, -0.1) is 0 Å². The molecule has 0 saturated carbocycles. The molecule has 1 fully saturated rings. The van der Waals surface area contributed by atoms with Crippen LogP contribution >= 0.6 is 22.6 Å². The zero-order chi connectivity index (χ0) is 30.3. The molecular formula is C26H32F5IN6O3. The van der Waals surface area contributed by atoms with Crippen molar-refractivity contribution >= 4 is 46.4 Å². The average molecular weight is 698 g/mol. The summed E-state index contributed by atoms with van der Waals surface area (Å²) < 4.78 is 69.8. The third-order valence-electron chi connectivity index (χ3n) is 7.21. The fraction of sp³-hybridized carbons (Fsp3) is 0.500. The van der Waals surface area contributed by atoms with Crippen LogP contribution in [0, 0.1) is 11.6 Å². The van der Waals surface area contributed by atoms with Crippen molar-refractivity contribution in [3.63, 3.8) is 0 Å². The minimum Gasteiger partial charge on any atom is -0.383 e. The summed E-state index contributed by atoms with van der Waals surface area (Å²) in [4.78, 5) is 41.0. The third kappa shape index (κ3) is 8.23. The molecule has 15 heteroatoms. The van der Waals surface area contributed by atoms with Crippen LogP contribution in [0.5, 0.6) is 0 Å². The van der Waals surface area contributed by atoms with Gasteiger partial charge in [0.2, 0.25) is 0 Å². The highest BCUT2D eigenvalue weighted by atomic mass is 127. The molecule has 226 valence electrons. The highest BCUT2D eigenvalue weighted by Crippen LogP contribution is 2.29. The van der Waals surface area contributed by atoms with E-state index in [0.717, 1.165) is 6.07 Å². The SMILES string of the molecule is CC[C@@H](CC[C@H](CNC(=O)C(F)(F)F)NC(=O)N1CCC(n2c(/C=C\I)c(N)[nH]c2=O)CC1)c1cccc(F)c1F. The fourth-order valence-corrected chi connectivity index (χ4v) is 5.36. The Kier molecular flexibility index (Phi) is 11.2. The number of carbonyl (C=O) groups is 2. The number of nitrogen functional groups attached to an aromatic ring is 1. The lowest BCUT2D eigenvalue weighted by Crippen LogP contribution is -2.52. The molecule has 0 spiro atoms. The van der Waals surface area contributed by atoms with Gasteiger partial charge >= 0.3 is 23.8 Å². The summed E-state index contributed by atoms with van der Waals surface area (Å²) in [5, 5.41) is 4.48. The Morgan fingerprint density at radius 3 is 2.51 bits per heavy atom. The van der Waals surface area contributed by atoms with Gasteiger partial charge < -0.3 is 21.3 Å². The molecule has 3 amide bonds. The second-order valence-electron chi connectivity index (χ2n) is 9.79. The zero-order valence-corrected chi connectivity index (χ0v) is 24.4. The molecule has 2 heterocycles. The monoisotopic (exact) mass is 698 g/mol. The van der Waals surface area contributed by atoms with Gasteiger partial charge in [0, 0.05) is 31.7 Å². The van der Waals surface area contributed by atoms with E-state index in [0.29, 0.717) is 25.0 Å². The number of nitrogens with two attached hydrogens (primary N) is 1. The van der Waals surface area contributed by atoms with Gasteiger partial charge in [0.05, 0.1) is 5.69 Å². The maximum absolute atomic E-state index is 14.4. The fourth-order valence-electron chi connectivity index (χ4n) is 5.02. The molecule has 2 aromatic rings. The number of anilines is 1. The van der Waals surface area contributed by atoms with Gasteiger partial charge in [-0.3, -0.25) is 14.3 Å². The topological polar surface area (TPSA) is 125 Å². The van der Waals surface area contributed by atoms with Crippen molar-refractivity contribution in [3.8, 4) is 0 Å². The summed E-state index contributed by atoms with van der Waals surface area (Å²) in [6.07, 6.45) is -1.81. The summed E-state index contributed by atoms with van der Waals surface area (Å²) in [7, 11) is 0. The maximum atomic E-state index is 14.4. The van der Waals surface area contributed by atoms with Crippen molar-refractivity contribution in [1.82, 2.24) is 25.1 Å². The lowest BCUT2D eigenvalue weighted by molar-refractivity contribution is -0.173. The molecule has 0 bridgehead atoms. The number of alkyl halides is 3. The standard InChI is InChI=1S/C26H32F5IN6O3/c1-2-15(18-4-3-5-19(27)21(18)28)6-7-16(14-34-23(39)26(29,30)31)35-24(40)37-12-9-17(10-13-37)38-20(8-11-32)22(33)36-25(38)41/h3-5,8,11,15-17H,2,6-7,9-10,12-14,33H2,1H3,(H,34,39)(H,35,40)(H,36,41)/b11-8-/t15-,16+/m0/s1. The Morgan fingerprint density at radius 1 is 1.22 bits per heavy atom. The maximum Gasteiger partial charge on any atom is 0.471 e. The number of halogens is 6. The second kappa shape index (κ2) is 14.2. The molecule has 1 aliphatic heterocycles. The molecule has 0 unspecified atom stereocenters. The summed E-state index contributed by atoms with van der Waals surface area (Å²) in [6.45, 7) is 1.78. The number of rotatable bonds is 10. The van der Waals surface area contributed by atoms with E-state index in [1.807, 2.05) is 22.6 Å². The molecule has 41 heavy (non-hydrogen) atoms. The predicted molar refractivity (Wildman–Crippen MR) is 152 cm³/mol. The number of piperidine rings is 1. The Morgan fingerprint density at radius 2 is 1.90 bits per heavy atom. The molecule has 1 aliphatic rings. The number of aromatic amines is 1. The second-order valence-corrected chi connectivity index (χ2v) is 10.5. The number of benzene rings is 1. The lowest BCUT2D eigenvalue weighted by atomic mass is 9.89. The number of imidazole rings is 1.